The zero-order chi connectivity index (χ0) is 20.1. The molecule has 1 aliphatic rings. The second kappa shape index (κ2) is 8.86. The molecular weight excluding hydrogens is 389 g/mol. The van der Waals surface area contributed by atoms with Gasteiger partial charge < -0.3 is 10.2 Å². The van der Waals surface area contributed by atoms with Crippen LogP contribution in [0.3, 0.4) is 0 Å². The molecule has 1 aliphatic heterocycles. The quantitative estimate of drug-likeness (QED) is 0.720. The van der Waals surface area contributed by atoms with Crippen LogP contribution in [-0.4, -0.2) is 25.0 Å². The molecule has 0 spiro atoms. The van der Waals surface area contributed by atoms with E-state index in [9.17, 15) is 18.0 Å². The first-order valence-electron chi connectivity index (χ1n) is 9.28. The molecule has 0 aromatic heterocycles. The Morgan fingerprint density at radius 3 is 2.64 bits per heavy atom. The zero-order valence-corrected chi connectivity index (χ0v) is 16.1. The Labute approximate surface area is 167 Å². The van der Waals surface area contributed by atoms with Crippen molar-refractivity contribution in [2.24, 2.45) is 0 Å². The molecule has 3 nitrogen and oxygen atoms in total. The van der Waals surface area contributed by atoms with E-state index >= 15 is 0 Å². The Hall–Kier alpha value is -2.21. The fourth-order valence-corrected chi connectivity index (χ4v) is 3.76. The number of hydrogen-bond acceptors (Lipinski definition) is 2. The van der Waals surface area contributed by atoms with E-state index in [0.717, 1.165) is 31.1 Å². The molecule has 2 aromatic rings. The van der Waals surface area contributed by atoms with Crippen molar-refractivity contribution >= 4 is 23.2 Å². The van der Waals surface area contributed by atoms with Crippen LogP contribution in [0.2, 0.25) is 5.02 Å². The fourth-order valence-electron chi connectivity index (χ4n) is 3.53. The number of para-hydroxylation sites is 1. The van der Waals surface area contributed by atoms with Gasteiger partial charge in [-0.2, -0.15) is 13.2 Å². The summed E-state index contributed by atoms with van der Waals surface area (Å²) in [4.78, 5) is 14.5. The second-order valence-corrected chi connectivity index (χ2v) is 7.35. The Balaban J connectivity index is 1.51. The summed E-state index contributed by atoms with van der Waals surface area (Å²) in [5, 5.41) is 2.59. The zero-order valence-electron chi connectivity index (χ0n) is 15.3. The van der Waals surface area contributed by atoms with Crippen LogP contribution in [0.25, 0.3) is 0 Å². The molecule has 1 saturated heterocycles. The minimum Gasteiger partial charge on any atom is -0.367 e. The molecule has 3 rings (SSSR count). The van der Waals surface area contributed by atoms with E-state index in [1.54, 1.807) is 0 Å². The number of benzene rings is 2. The van der Waals surface area contributed by atoms with Gasteiger partial charge in [0, 0.05) is 31.2 Å². The molecule has 2 aromatic carbocycles. The summed E-state index contributed by atoms with van der Waals surface area (Å²) in [6.07, 6.45) is -2.06. The van der Waals surface area contributed by atoms with E-state index in [-0.39, 0.29) is 29.8 Å². The van der Waals surface area contributed by atoms with Gasteiger partial charge in [-0.1, -0.05) is 35.9 Å². The van der Waals surface area contributed by atoms with Crippen molar-refractivity contribution in [2.45, 2.75) is 37.9 Å². The molecule has 28 heavy (non-hydrogen) atoms. The van der Waals surface area contributed by atoms with E-state index in [1.165, 1.54) is 12.1 Å². The largest absolute Gasteiger partial charge is 0.417 e. The van der Waals surface area contributed by atoms with Crippen molar-refractivity contribution in [1.82, 2.24) is 5.32 Å². The minimum atomic E-state index is -4.50. The maximum Gasteiger partial charge on any atom is 0.417 e. The van der Waals surface area contributed by atoms with E-state index in [1.807, 2.05) is 18.2 Å². The first-order valence-corrected chi connectivity index (χ1v) is 9.66. The lowest BCUT2D eigenvalue weighted by atomic mass is 10.1. The third kappa shape index (κ3) is 5.19. The summed E-state index contributed by atoms with van der Waals surface area (Å²) in [7, 11) is 0. The van der Waals surface area contributed by atoms with E-state index in [0.29, 0.717) is 12.1 Å². The van der Waals surface area contributed by atoms with Crippen molar-refractivity contribution in [3.8, 4) is 0 Å². The SMILES string of the molecule is O=C(CCc1ccc(Cl)c(C(F)(F)F)c1)NCC1CCCN1c1ccccc1. The number of rotatable bonds is 6. The fraction of sp³-hybridized carbons (Fsp3) is 0.381. The smallest absolute Gasteiger partial charge is 0.367 e. The molecule has 150 valence electrons. The van der Waals surface area contributed by atoms with Crippen LogP contribution >= 0.6 is 11.6 Å². The summed E-state index contributed by atoms with van der Waals surface area (Å²) >= 11 is 5.63. The number of anilines is 1. The number of nitrogens with zero attached hydrogens (tertiary/aromatic N) is 1. The van der Waals surface area contributed by atoms with Crippen LogP contribution in [0.15, 0.2) is 48.5 Å². The van der Waals surface area contributed by atoms with Gasteiger partial charge in [0.25, 0.3) is 0 Å². The number of amides is 1. The van der Waals surface area contributed by atoms with Crippen molar-refractivity contribution in [1.29, 1.82) is 0 Å². The molecule has 1 heterocycles. The molecule has 1 fully saturated rings. The number of carbonyl (C=O) groups excluding carboxylic acids is 1. The summed E-state index contributed by atoms with van der Waals surface area (Å²) in [6.45, 7) is 1.48. The van der Waals surface area contributed by atoms with Gasteiger partial charge in [-0.05, 0) is 49.1 Å². The summed E-state index contributed by atoms with van der Waals surface area (Å²) in [5.41, 5.74) is 0.718. The highest BCUT2D eigenvalue weighted by Crippen LogP contribution is 2.35. The maximum atomic E-state index is 12.9. The Kier molecular flexibility index (Phi) is 6.50. The van der Waals surface area contributed by atoms with Crippen molar-refractivity contribution in [2.75, 3.05) is 18.0 Å². The molecule has 1 amide bonds. The normalized spacial score (nSPS) is 17.0. The van der Waals surface area contributed by atoms with Gasteiger partial charge in [0.05, 0.1) is 10.6 Å². The van der Waals surface area contributed by atoms with Gasteiger partial charge in [-0.25, -0.2) is 0 Å². The Morgan fingerprint density at radius 2 is 1.93 bits per heavy atom. The van der Waals surface area contributed by atoms with Crippen LogP contribution in [0.1, 0.15) is 30.4 Å². The first kappa shape index (κ1) is 20.5. The lowest BCUT2D eigenvalue weighted by Gasteiger charge is -2.27. The topological polar surface area (TPSA) is 32.3 Å². The molecule has 1 unspecified atom stereocenters. The molecule has 1 N–H and O–H groups in total. The summed E-state index contributed by atoms with van der Waals surface area (Å²) in [6, 6.07) is 14.1. The molecule has 0 aliphatic carbocycles. The van der Waals surface area contributed by atoms with Crippen LogP contribution in [0, 0.1) is 0 Å². The van der Waals surface area contributed by atoms with E-state index in [2.05, 4.69) is 22.3 Å². The van der Waals surface area contributed by atoms with Crippen LogP contribution in [-0.2, 0) is 17.4 Å². The highest BCUT2D eigenvalue weighted by molar-refractivity contribution is 6.31. The van der Waals surface area contributed by atoms with Crippen molar-refractivity contribution < 1.29 is 18.0 Å². The lowest BCUT2D eigenvalue weighted by Crippen LogP contribution is -2.40. The average molecular weight is 411 g/mol. The maximum absolute atomic E-state index is 12.9. The number of nitrogens with one attached hydrogen (secondary N) is 1. The number of halogens is 4. The number of carbonyl (C=O) groups is 1. The van der Waals surface area contributed by atoms with Crippen LogP contribution < -0.4 is 10.2 Å². The van der Waals surface area contributed by atoms with E-state index < -0.39 is 11.7 Å². The van der Waals surface area contributed by atoms with Gasteiger partial charge >= 0.3 is 6.18 Å². The number of alkyl halides is 3. The second-order valence-electron chi connectivity index (χ2n) is 6.94. The van der Waals surface area contributed by atoms with Crippen molar-refractivity contribution in [3.05, 3.63) is 64.7 Å². The molecular formula is C21H22ClF3N2O. The molecule has 1 atom stereocenters. The first-order chi connectivity index (χ1) is 13.3. The molecule has 7 heteroatoms. The summed E-state index contributed by atoms with van der Waals surface area (Å²) in [5.74, 6) is -0.163. The average Bonchev–Trinajstić information content (AvgIpc) is 3.14. The molecule has 0 bridgehead atoms. The standard InChI is InChI=1S/C21H22ClF3N2O/c22-19-10-8-15(13-18(19)21(23,24)25)9-11-20(28)26-14-17-7-4-12-27(17)16-5-2-1-3-6-16/h1-3,5-6,8,10,13,17H,4,7,9,11-12,14H2,(H,26,28). The third-order valence-electron chi connectivity index (χ3n) is 4.98. The number of hydrogen-bond donors (Lipinski definition) is 1. The van der Waals surface area contributed by atoms with Crippen LogP contribution in [0.5, 0.6) is 0 Å². The lowest BCUT2D eigenvalue weighted by molar-refractivity contribution is -0.137. The predicted octanol–water partition coefficient (Wildman–Crippen LogP) is 5.08. The van der Waals surface area contributed by atoms with Gasteiger partial charge in [0.15, 0.2) is 0 Å². The predicted molar refractivity (Wildman–Crippen MR) is 105 cm³/mol. The van der Waals surface area contributed by atoms with E-state index in [4.69, 9.17) is 11.6 Å². The third-order valence-corrected chi connectivity index (χ3v) is 5.31. The van der Waals surface area contributed by atoms with Crippen molar-refractivity contribution in [3.63, 3.8) is 0 Å². The number of aryl methyl sites for hydroxylation is 1. The summed E-state index contributed by atoms with van der Waals surface area (Å²) < 4.78 is 38.8. The molecule has 0 radical (unpaired) electrons. The van der Waals surface area contributed by atoms with Gasteiger partial charge in [-0.3, -0.25) is 4.79 Å². The highest BCUT2D eigenvalue weighted by Gasteiger charge is 2.33. The molecule has 0 saturated carbocycles. The Morgan fingerprint density at radius 1 is 1.18 bits per heavy atom. The van der Waals surface area contributed by atoms with Crippen LogP contribution in [0.4, 0.5) is 18.9 Å². The monoisotopic (exact) mass is 410 g/mol. The highest BCUT2D eigenvalue weighted by atomic mass is 35.5. The van der Waals surface area contributed by atoms with Gasteiger partial charge in [0.1, 0.15) is 0 Å². The van der Waals surface area contributed by atoms with Gasteiger partial charge in [0.2, 0.25) is 5.91 Å². The Bertz CT molecular complexity index is 811. The minimum absolute atomic E-state index is 0.136. The van der Waals surface area contributed by atoms with Gasteiger partial charge in [-0.15, -0.1) is 0 Å².